The van der Waals surface area contributed by atoms with Crippen LogP contribution < -0.4 is 5.32 Å². The minimum Gasteiger partial charge on any atom is -0.508 e. The molecule has 0 saturated carbocycles. The molecular weight excluding hydrogens is 455 g/mol. The van der Waals surface area contributed by atoms with E-state index in [-0.39, 0.29) is 29.1 Å². The summed E-state index contributed by atoms with van der Waals surface area (Å²) in [6, 6.07) is 14.2. The van der Waals surface area contributed by atoms with Gasteiger partial charge in [0, 0.05) is 17.6 Å². The van der Waals surface area contributed by atoms with Crippen molar-refractivity contribution in [1.29, 1.82) is 0 Å². The molecule has 2 amide bonds. The summed E-state index contributed by atoms with van der Waals surface area (Å²) >= 11 is 6.01. The number of phenolic OH excluding ortho intramolecular Hbond substituents is 1. The number of amides is 2. The molecular formula is C27H26ClFN2O3. The van der Waals surface area contributed by atoms with Crippen LogP contribution in [0.3, 0.4) is 0 Å². The van der Waals surface area contributed by atoms with Gasteiger partial charge >= 0.3 is 0 Å². The number of hydrogen-bond donors (Lipinski definition) is 2. The largest absolute Gasteiger partial charge is 0.508 e. The average molecular weight is 481 g/mol. The fourth-order valence-corrected chi connectivity index (χ4v) is 4.51. The monoisotopic (exact) mass is 480 g/mol. The molecule has 4 rings (SSSR count). The molecule has 34 heavy (non-hydrogen) atoms. The molecule has 0 spiro atoms. The van der Waals surface area contributed by atoms with E-state index in [1.807, 2.05) is 45.0 Å². The Morgan fingerprint density at radius 2 is 1.85 bits per heavy atom. The van der Waals surface area contributed by atoms with Crippen molar-refractivity contribution in [3.8, 4) is 16.9 Å². The Bertz CT molecular complexity index is 1300. The fraction of sp³-hybridized carbons (Fsp3) is 0.259. The van der Waals surface area contributed by atoms with Gasteiger partial charge in [-0.2, -0.15) is 0 Å². The predicted octanol–water partition coefficient (Wildman–Crippen LogP) is 5.77. The molecule has 3 aromatic carbocycles. The first-order chi connectivity index (χ1) is 16.0. The molecule has 1 atom stereocenters. The van der Waals surface area contributed by atoms with E-state index in [9.17, 15) is 19.1 Å². The molecule has 0 saturated heterocycles. The normalized spacial score (nSPS) is 15.4. The fourth-order valence-electron chi connectivity index (χ4n) is 4.33. The summed E-state index contributed by atoms with van der Waals surface area (Å²) in [7, 11) is 0. The van der Waals surface area contributed by atoms with Crippen molar-refractivity contribution in [3.63, 3.8) is 0 Å². The van der Waals surface area contributed by atoms with Gasteiger partial charge in [-0.05, 0) is 68.1 Å². The van der Waals surface area contributed by atoms with Gasteiger partial charge in [-0.1, -0.05) is 48.0 Å². The highest BCUT2D eigenvalue weighted by atomic mass is 35.5. The van der Waals surface area contributed by atoms with Gasteiger partial charge in [0.2, 0.25) is 5.91 Å². The number of nitrogens with zero attached hydrogens (tertiary/aromatic N) is 1. The van der Waals surface area contributed by atoms with Gasteiger partial charge < -0.3 is 15.3 Å². The summed E-state index contributed by atoms with van der Waals surface area (Å²) < 4.78 is 13.7. The number of rotatable bonds is 4. The van der Waals surface area contributed by atoms with Gasteiger partial charge in [-0.15, -0.1) is 0 Å². The topological polar surface area (TPSA) is 69.6 Å². The van der Waals surface area contributed by atoms with Gasteiger partial charge in [0.15, 0.2) is 0 Å². The van der Waals surface area contributed by atoms with Crippen LogP contribution in [0.4, 0.5) is 4.39 Å². The lowest BCUT2D eigenvalue weighted by atomic mass is 9.97. The Labute approximate surface area is 203 Å². The van der Waals surface area contributed by atoms with Gasteiger partial charge in [0.05, 0.1) is 10.6 Å². The molecule has 176 valence electrons. The molecule has 3 aromatic rings. The number of nitrogens with one attached hydrogen (secondary N) is 1. The van der Waals surface area contributed by atoms with Crippen LogP contribution in [-0.2, 0) is 11.3 Å². The van der Waals surface area contributed by atoms with Crippen molar-refractivity contribution in [1.82, 2.24) is 10.2 Å². The van der Waals surface area contributed by atoms with E-state index < -0.39 is 17.4 Å². The summed E-state index contributed by atoms with van der Waals surface area (Å²) in [6.45, 7) is 7.44. The summed E-state index contributed by atoms with van der Waals surface area (Å²) in [5.74, 6) is -1.14. The van der Waals surface area contributed by atoms with Crippen molar-refractivity contribution in [2.45, 2.75) is 45.8 Å². The molecule has 1 unspecified atom stereocenters. The van der Waals surface area contributed by atoms with Crippen LogP contribution >= 0.6 is 11.6 Å². The van der Waals surface area contributed by atoms with E-state index >= 15 is 0 Å². The van der Waals surface area contributed by atoms with E-state index in [4.69, 9.17) is 11.6 Å². The number of carbonyl (C=O) groups is 2. The zero-order valence-electron chi connectivity index (χ0n) is 19.4. The number of fused-ring (bicyclic) bond motifs is 1. The molecule has 1 aliphatic rings. The van der Waals surface area contributed by atoms with Crippen molar-refractivity contribution in [2.24, 2.45) is 0 Å². The Balaban J connectivity index is 1.79. The highest BCUT2D eigenvalue weighted by molar-refractivity contribution is 6.31. The van der Waals surface area contributed by atoms with E-state index in [0.717, 1.165) is 11.1 Å². The minimum atomic E-state index is -0.856. The van der Waals surface area contributed by atoms with Crippen molar-refractivity contribution in [3.05, 3.63) is 87.7 Å². The quantitative estimate of drug-likeness (QED) is 0.498. The van der Waals surface area contributed by atoms with Crippen molar-refractivity contribution < 1.29 is 19.1 Å². The molecule has 0 radical (unpaired) electrons. The minimum absolute atomic E-state index is 0.00489. The average Bonchev–Trinajstić information content (AvgIpc) is 3.04. The van der Waals surface area contributed by atoms with Crippen LogP contribution in [0.15, 0.2) is 54.6 Å². The number of hydrogen-bond acceptors (Lipinski definition) is 3. The predicted molar refractivity (Wildman–Crippen MR) is 130 cm³/mol. The summed E-state index contributed by atoms with van der Waals surface area (Å²) in [6.07, 6.45) is 0. The van der Waals surface area contributed by atoms with Crippen LogP contribution in [0.1, 0.15) is 53.9 Å². The third-order valence-corrected chi connectivity index (χ3v) is 6.17. The lowest BCUT2D eigenvalue weighted by Crippen LogP contribution is -2.46. The molecule has 0 bridgehead atoms. The second kappa shape index (κ2) is 8.76. The first-order valence-electron chi connectivity index (χ1n) is 11.0. The molecule has 1 heterocycles. The number of carbonyl (C=O) groups excluding carboxylic acids is 2. The van der Waals surface area contributed by atoms with E-state index in [1.54, 1.807) is 25.1 Å². The van der Waals surface area contributed by atoms with E-state index in [1.165, 1.54) is 17.0 Å². The van der Waals surface area contributed by atoms with Crippen LogP contribution in [0, 0.1) is 12.7 Å². The van der Waals surface area contributed by atoms with Crippen LogP contribution in [0.25, 0.3) is 11.1 Å². The maximum atomic E-state index is 13.7. The maximum absolute atomic E-state index is 13.7. The summed E-state index contributed by atoms with van der Waals surface area (Å²) in [4.78, 5) is 28.5. The van der Waals surface area contributed by atoms with Gasteiger partial charge in [-0.25, -0.2) is 4.39 Å². The lowest BCUT2D eigenvalue weighted by molar-refractivity contribution is -0.127. The number of benzene rings is 3. The zero-order chi connectivity index (χ0) is 24.8. The molecule has 0 aliphatic carbocycles. The van der Waals surface area contributed by atoms with E-state index in [0.29, 0.717) is 22.3 Å². The highest BCUT2D eigenvalue weighted by Crippen LogP contribution is 2.40. The van der Waals surface area contributed by atoms with Crippen molar-refractivity contribution >= 4 is 23.4 Å². The van der Waals surface area contributed by atoms with Crippen LogP contribution in [-0.4, -0.2) is 27.4 Å². The maximum Gasteiger partial charge on any atom is 0.255 e. The Hall–Kier alpha value is -3.38. The Kier molecular flexibility index (Phi) is 6.13. The van der Waals surface area contributed by atoms with E-state index in [2.05, 4.69) is 5.32 Å². The smallest absolute Gasteiger partial charge is 0.255 e. The second-order valence-corrected chi connectivity index (χ2v) is 9.94. The first kappa shape index (κ1) is 23.8. The third-order valence-electron chi connectivity index (χ3n) is 5.88. The van der Waals surface area contributed by atoms with Gasteiger partial charge in [0.1, 0.15) is 17.6 Å². The standard InChI is InChI=1S/C27H26ClFN2O3/c1-15-22(32)12-10-19-23(15)26(34)31(24(19)25(33)30-27(2,3)4)14-17-7-5-6-8-18(17)16-9-11-21(29)20(28)13-16/h5-13,24,32H,14H2,1-4H3,(H,30,33). The zero-order valence-corrected chi connectivity index (χ0v) is 20.2. The molecule has 0 aromatic heterocycles. The first-order valence-corrected chi connectivity index (χ1v) is 11.3. The lowest BCUT2D eigenvalue weighted by Gasteiger charge is -2.29. The summed E-state index contributed by atoms with van der Waals surface area (Å²) in [5.41, 5.74) is 3.11. The Morgan fingerprint density at radius 1 is 1.15 bits per heavy atom. The Morgan fingerprint density at radius 3 is 2.53 bits per heavy atom. The SMILES string of the molecule is Cc1c(O)ccc2c1C(=O)N(Cc1ccccc1-c1ccc(F)c(Cl)c1)C2C(=O)NC(C)(C)C. The summed E-state index contributed by atoms with van der Waals surface area (Å²) in [5, 5.41) is 13.2. The molecule has 5 nitrogen and oxygen atoms in total. The molecule has 1 aliphatic heterocycles. The number of halogens is 2. The van der Waals surface area contributed by atoms with Gasteiger partial charge in [-0.3, -0.25) is 9.59 Å². The molecule has 2 N–H and O–H groups in total. The highest BCUT2D eigenvalue weighted by Gasteiger charge is 2.43. The van der Waals surface area contributed by atoms with Gasteiger partial charge in [0.25, 0.3) is 5.91 Å². The van der Waals surface area contributed by atoms with Crippen molar-refractivity contribution in [2.75, 3.05) is 0 Å². The molecule has 0 fully saturated rings. The third kappa shape index (κ3) is 4.38. The molecule has 7 heteroatoms. The van der Waals surface area contributed by atoms with Crippen LogP contribution in [0.5, 0.6) is 5.75 Å². The van der Waals surface area contributed by atoms with Crippen LogP contribution in [0.2, 0.25) is 5.02 Å². The second-order valence-electron chi connectivity index (χ2n) is 9.53. The number of phenols is 1. The number of aromatic hydroxyl groups is 1.